The third-order valence-corrected chi connectivity index (χ3v) is 7.38. The van der Waals surface area contributed by atoms with Crippen LogP contribution in [-0.2, 0) is 20.6 Å². The number of likely N-dealkylation sites (tertiary alicyclic amines) is 1. The van der Waals surface area contributed by atoms with Gasteiger partial charge in [-0.15, -0.1) is 0 Å². The van der Waals surface area contributed by atoms with Crippen molar-refractivity contribution in [2.45, 2.75) is 45.3 Å². The van der Waals surface area contributed by atoms with Gasteiger partial charge in [-0.05, 0) is 38.7 Å². The van der Waals surface area contributed by atoms with Crippen molar-refractivity contribution < 1.29 is 13.2 Å². The van der Waals surface area contributed by atoms with Gasteiger partial charge in [0.25, 0.3) is 0 Å². The molecule has 1 amide bonds. The van der Waals surface area contributed by atoms with Crippen LogP contribution in [0.4, 0.5) is 0 Å². The number of carbonyl (C=O) groups is 1. The average Bonchev–Trinajstić information content (AvgIpc) is 2.57. The highest BCUT2D eigenvalue weighted by atomic mass is 32.2. The Kier molecular flexibility index (Phi) is 5.21. The van der Waals surface area contributed by atoms with E-state index < -0.39 is 10.0 Å². The standard InChI is InChI=1S/C19H28N2O3S/c1-3-20-14-19(10-8-18(20)22)9-5-11-21(15-19)25(23,24)13-17-7-4-6-16(2)12-17/h4,6-7,12H,3,5,8-11,13-15H2,1-2H3/t19-/m1/s1. The molecular weight excluding hydrogens is 336 g/mol. The maximum atomic E-state index is 13.0. The minimum absolute atomic E-state index is 0.0567. The summed E-state index contributed by atoms with van der Waals surface area (Å²) in [5.74, 6) is 0.258. The van der Waals surface area contributed by atoms with Crippen LogP contribution in [0.5, 0.6) is 0 Å². The van der Waals surface area contributed by atoms with Gasteiger partial charge in [0.2, 0.25) is 15.9 Å². The van der Waals surface area contributed by atoms with Crippen molar-refractivity contribution in [2.75, 3.05) is 26.2 Å². The van der Waals surface area contributed by atoms with Crippen molar-refractivity contribution in [1.29, 1.82) is 0 Å². The van der Waals surface area contributed by atoms with E-state index in [0.717, 1.165) is 30.4 Å². The lowest BCUT2D eigenvalue weighted by Gasteiger charge is -2.47. The molecule has 6 heteroatoms. The summed E-state index contributed by atoms with van der Waals surface area (Å²) in [6, 6.07) is 7.70. The van der Waals surface area contributed by atoms with Crippen LogP contribution >= 0.6 is 0 Å². The topological polar surface area (TPSA) is 57.7 Å². The Morgan fingerprint density at radius 1 is 1.20 bits per heavy atom. The van der Waals surface area contributed by atoms with Gasteiger partial charge in [0.05, 0.1) is 5.75 Å². The van der Waals surface area contributed by atoms with Gasteiger partial charge in [0.1, 0.15) is 0 Å². The van der Waals surface area contributed by atoms with Crippen LogP contribution in [0.2, 0.25) is 0 Å². The molecule has 0 N–H and O–H groups in total. The van der Waals surface area contributed by atoms with Crippen LogP contribution in [0.1, 0.15) is 43.7 Å². The van der Waals surface area contributed by atoms with Crippen molar-refractivity contribution in [2.24, 2.45) is 5.41 Å². The van der Waals surface area contributed by atoms with E-state index in [-0.39, 0.29) is 17.1 Å². The van der Waals surface area contributed by atoms with Crippen LogP contribution in [0.15, 0.2) is 24.3 Å². The smallest absolute Gasteiger partial charge is 0.222 e. The zero-order chi connectivity index (χ0) is 18.1. The summed E-state index contributed by atoms with van der Waals surface area (Å²) in [6.07, 6.45) is 3.23. The van der Waals surface area contributed by atoms with Crippen molar-refractivity contribution in [3.05, 3.63) is 35.4 Å². The van der Waals surface area contributed by atoms with Gasteiger partial charge in [0.15, 0.2) is 0 Å². The predicted octanol–water partition coefficient (Wildman–Crippen LogP) is 2.55. The Bertz CT molecular complexity index is 747. The molecule has 0 saturated carbocycles. The monoisotopic (exact) mass is 364 g/mol. The summed E-state index contributed by atoms with van der Waals surface area (Å²) in [5, 5.41) is 0. The molecule has 1 aromatic rings. The number of aryl methyl sites for hydroxylation is 1. The first kappa shape index (κ1) is 18.4. The summed E-state index contributed by atoms with van der Waals surface area (Å²) >= 11 is 0. The predicted molar refractivity (Wildman–Crippen MR) is 98.5 cm³/mol. The summed E-state index contributed by atoms with van der Waals surface area (Å²) < 4.78 is 27.6. The first-order valence-electron chi connectivity index (χ1n) is 9.15. The lowest BCUT2D eigenvalue weighted by molar-refractivity contribution is -0.138. The number of rotatable bonds is 4. The normalized spacial score (nSPS) is 25.5. The van der Waals surface area contributed by atoms with E-state index >= 15 is 0 Å². The van der Waals surface area contributed by atoms with E-state index in [0.29, 0.717) is 32.6 Å². The van der Waals surface area contributed by atoms with Crippen molar-refractivity contribution in [3.63, 3.8) is 0 Å². The molecule has 0 aromatic heterocycles. The molecule has 2 aliphatic rings. The molecule has 5 nitrogen and oxygen atoms in total. The van der Waals surface area contributed by atoms with Gasteiger partial charge >= 0.3 is 0 Å². The molecule has 1 spiro atoms. The molecule has 0 bridgehead atoms. The molecule has 1 aromatic carbocycles. The van der Waals surface area contributed by atoms with E-state index in [4.69, 9.17) is 0 Å². The quantitative estimate of drug-likeness (QED) is 0.825. The molecule has 2 aliphatic heterocycles. The van der Waals surface area contributed by atoms with Crippen LogP contribution in [0.25, 0.3) is 0 Å². The van der Waals surface area contributed by atoms with E-state index in [2.05, 4.69) is 0 Å². The van der Waals surface area contributed by atoms with Gasteiger partial charge in [0, 0.05) is 38.0 Å². The first-order valence-corrected chi connectivity index (χ1v) is 10.8. The zero-order valence-corrected chi connectivity index (χ0v) is 16.0. The first-order chi connectivity index (χ1) is 11.8. The number of sulfonamides is 1. The summed E-state index contributed by atoms with van der Waals surface area (Å²) in [5.41, 5.74) is 1.85. The lowest BCUT2D eigenvalue weighted by atomic mass is 9.74. The Hall–Kier alpha value is -1.40. The molecule has 2 fully saturated rings. The zero-order valence-electron chi connectivity index (χ0n) is 15.2. The molecule has 0 unspecified atom stereocenters. The minimum Gasteiger partial charge on any atom is -0.342 e. The highest BCUT2D eigenvalue weighted by molar-refractivity contribution is 7.88. The number of hydrogen-bond acceptors (Lipinski definition) is 3. The number of nitrogens with zero attached hydrogens (tertiary/aromatic N) is 2. The summed E-state index contributed by atoms with van der Waals surface area (Å²) in [4.78, 5) is 13.9. The van der Waals surface area contributed by atoms with Crippen LogP contribution in [0.3, 0.4) is 0 Å². The Morgan fingerprint density at radius 2 is 2.00 bits per heavy atom. The molecule has 2 saturated heterocycles. The molecule has 25 heavy (non-hydrogen) atoms. The Balaban J connectivity index is 1.75. The van der Waals surface area contributed by atoms with Crippen LogP contribution < -0.4 is 0 Å². The van der Waals surface area contributed by atoms with E-state index in [1.54, 1.807) is 4.31 Å². The number of amides is 1. The van der Waals surface area contributed by atoms with Gasteiger partial charge < -0.3 is 4.90 Å². The molecule has 0 aliphatic carbocycles. The van der Waals surface area contributed by atoms with E-state index in [9.17, 15) is 13.2 Å². The van der Waals surface area contributed by atoms with Crippen LogP contribution in [-0.4, -0.2) is 49.7 Å². The fourth-order valence-electron chi connectivity index (χ4n) is 4.23. The maximum absolute atomic E-state index is 13.0. The average molecular weight is 365 g/mol. The largest absolute Gasteiger partial charge is 0.342 e. The highest BCUT2D eigenvalue weighted by Crippen LogP contribution is 2.39. The fourth-order valence-corrected chi connectivity index (χ4v) is 5.89. The Morgan fingerprint density at radius 3 is 2.72 bits per heavy atom. The minimum atomic E-state index is -3.34. The number of piperidine rings is 2. The van der Waals surface area contributed by atoms with Gasteiger partial charge in [-0.1, -0.05) is 29.8 Å². The summed E-state index contributed by atoms with van der Waals surface area (Å²) in [7, 11) is -3.34. The second kappa shape index (κ2) is 7.08. The molecule has 1 atom stereocenters. The van der Waals surface area contributed by atoms with Gasteiger partial charge in [-0.3, -0.25) is 4.79 Å². The van der Waals surface area contributed by atoms with Gasteiger partial charge in [-0.25, -0.2) is 12.7 Å². The molecule has 138 valence electrons. The number of carbonyl (C=O) groups excluding carboxylic acids is 1. The molecular formula is C19H28N2O3S. The second-order valence-corrected chi connectivity index (χ2v) is 9.56. The maximum Gasteiger partial charge on any atom is 0.222 e. The summed E-state index contributed by atoms with van der Waals surface area (Å²) in [6.45, 7) is 6.51. The Labute approximate surface area is 151 Å². The fraction of sp³-hybridized carbons (Fsp3) is 0.632. The highest BCUT2D eigenvalue weighted by Gasteiger charge is 2.43. The van der Waals surface area contributed by atoms with Gasteiger partial charge in [-0.2, -0.15) is 0 Å². The third-order valence-electron chi connectivity index (χ3n) is 5.58. The number of benzene rings is 1. The van der Waals surface area contributed by atoms with Crippen LogP contribution in [0, 0.1) is 12.3 Å². The third kappa shape index (κ3) is 4.06. The van der Waals surface area contributed by atoms with E-state index in [1.165, 1.54) is 0 Å². The number of hydrogen-bond donors (Lipinski definition) is 0. The SMILES string of the molecule is CCN1C[C@@]2(CCCN(S(=O)(=O)Cc3cccc(C)c3)C2)CCC1=O. The molecule has 2 heterocycles. The molecule has 0 radical (unpaired) electrons. The van der Waals surface area contributed by atoms with Crippen molar-refractivity contribution >= 4 is 15.9 Å². The molecule has 3 rings (SSSR count). The van der Waals surface area contributed by atoms with Crippen molar-refractivity contribution in [1.82, 2.24) is 9.21 Å². The lowest BCUT2D eigenvalue weighted by Crippen LogP contribution is -2.55. The van der Waals surface area contributed by atoms with E-state index in [1.807, 2.05) is 43.0 Å². The second-order valence-electron chi connectivity index (χ2n) is 7.59. The van der Waals surface area contributed by atoms with Crippen molar-refractivity contribution in [3.8, 4) is 0 Å².